The van der Waals surface area contributed by atoms with Gasteiger partial charge in [-0.15, -0.1) is 0 Å². The monoisotopic (exact) mass is 271 g/mol. The Morgan fingerprint density at radius 3 is 2.63 bits per heavy atom. The Hall–Kier alpha value is -0.970. The van der Waals surface area contributed by atoms with Gasteiger partial charge in [0.15, 0.2) is 0 Å². The molecule has 1 aliphatic rings. The third-order valence-electron chi connectivity index (χ3n) is 4.15. The van der Waals surface area contributed by atoms with Crippen molar-refractivity contribution in [1.29, 1.82) is 0 Å². The van der Waals surface area contributed by atoms with Crippen molar-refractivity contribution < 1.29 is 8.78 Å². The van der Waals surface area contributed by atoms with Crippen molar-refractivity contribution in [2.45, 2.75) is 64.6 Å². The molecular weight excluding hydrogens is 248 g/mol. The number of hydrogen-bond acceptors (Lipinski definition) is 2. The summed E-state index contributed by atoms with van der Waals surface area (Å²) >= 11 is 0. The third-order valence-corrected chi connectivity index (χ3v) is 4.15. The van der Waals surface area contributed by atoms with Crippen LogP contribution in [0.2, 0.25) is 0 Å². The normalized spacial score (nSPS) is 19.6. The highest BCUT2D eigenvalue weighted by atomic mass is 19.3. The quantitative estimate of drug-likeness (QED) is 0.827. The predicted octanol–water partition coefficient (Wildman–Crippen LogP) is 3.73. The molecule has 1 heterocycles. The summed E-state index contributed by atoms with van der Waals surface area (Å²) in [4.78, 5) is 3.99. The smallest absolute Gasteiger partial charge is 0.307 e. The van der Waals surface area contributed by atoms with Crippen LogP contribution in [0.15, 0.2) is 12.4 Å². The van der Waals surface area contributed by atoms with Crippen LogP contribution in [0.5, 0.6) is 0 Å². The highest BCUT2D eigenvalue weighted by Crippen LogP contribution is 2.25. The van der Waals surface area contributed by atoms with Gasteiger partial charge in [0.2, 0.25) is 0 Å². The number of aromatic nitrogens is 2. The van der Waals surface area contributed by atoms with E-state index in [2.05, 4.69) is 17.2 Å². The maximum atomic E-state index is 12.7. The number of nitrogens with one attached hydrogen (secondary N) is 1. The number of halogens is 2. The molecule has 5 heteroatoms. The van der Waals surface area contributed by atoms with Crippen LogP contribution in [-0.2, 0) is 6.54 Å². The molecule has 0 aromatic carbocycles. The van der Waals surface area contributed by atoms with Gasteiger partial charge in [0.25, 0.3) is 0 Å². The second kappa shape index (κ2) is 6.98. The van der Waals surface area contributed by atoms with Gasteiger partial charge >= 0.3 is 6.55 Å². The Balaban J connectivity index is 1.85. The number of imidazole rings is 1. The Morgan fingerprint density at radius 2 is 2.00 bits per heavy atom. The van der Waals surface area contributed by atoms with Crippen LogP contribution >= 0.6 is 0 Å². The number of rotatable bonds is 5. The van der Waals surface area contributed by atoms with E-state index >= 15 is 0 Å². The summed E-state index contributed by atoms with van der Waals surface area (Å²) in [6.45, 7) is 0.0631. The molecule has 1 aliphatic carbocycles. The van der Waals surface area contributed by atoms with Crippen molar-refractivity contribution in [3.8, 4) is 0 Å². The van der Waals surface area contributed by atoms with Crippen LogP contribution in [0, 0.1) is 5.92 Å². The number of nitrogens with zero attached hydrogens (tertiary/aromatic N) is 2. The van der Waals surface area contributed by atoms with Gasteiger partial charge in [-0.2, -0.15) is 8.78 Å². The molecule has 2 rings (SSSR count). The van der Waals surface area contributed by atoms with E-state index in [1.165, 1.54) is 50.9 Å². The van der Waals surface area contributed by atoms with Gasteiger partial charge in [0.1, 0.15) is 5.82 Å². The fourth-order valence-electron chi connectivity index (χ4n) is 2.89. The zero-order chi connectivity index (χ0) is 13.7. The zero-order valence-corrected chi connectivity index (χ0v) is 11.5. The van der Waals surface area contributed by atoms with E-state index in [1.54, 1.807) is 0 Å². The van der Waals surface area contributed by atoms with Crippen LogP contribution in [0.4, 0.5) is 8.78 Å². The first-order chi connectivity index (χ1) is 9.18. The Labute approximate surface area is 113 Å². The minimum absolute atomic E-state index is 0.362. The van der Waals surface area contributed by atoms with Crippen LogP contribution < -0.4 is 5.32 Å². The fraction of sp³-hybridized carbons (Fsp3) is 0.786. The zero-order valence-electron chi connectivity index (χ0n) is 11.5. The van der Waals surface area contributed by atoms with Gasteiger partial charge in [-0.05, 0) is 25.7 Å². The average Bonchev–Trinajstić information content (AvgIpc) is 2.69. The van der Waals surface area contributed by atoms with E-state index in [-0.39, 0.29) is 0 Å². The lowest BCUT2D eigenvalue weighted by atomic mass is 9.93. The van der Waals surface area contributed by atoms with E-state index in [0.717, 1.165) is 4.57 Å². The van der Waals surface area contributed by atoms with Gasteiger partial charge in [-0.25, -0.2) is 4.98 Å². The maximum absolute atomic E-state index is 12.7. The van der Waals surface area contributed by atoms with Gasteiger partial charge in [0.05, 0.1) is 6.54 Å². The molecule has 1 fully saturated rings. The maximum Gasteiger partial charge on any atom is 0.319 e. The van der Waals surface area contributed by atoms with Crippen LogP contribution in [0.3, 0.4) is 0 Å². The van der Waals surface area contributed by atoms with Crippen molar-refractivity contribution in [2.24, 2.45) is 5.92 Å². The van der Waals surface area contributed by atoms with Crippen LogP contribution in [0.25, 0.3) is 0 Å². The molecule has 1 aromatic rings. The van der Waals surface area contributed by atoms with E-state index in [0.29, 0.717) is 24.3 Å². The number of alkyl halides is 2. The summed E-state index contributed by atoms with van der Waals surface area (Å²) in [5.41, 5.74) is 0. The van der Waals surface area contributed by atoms with Crippen molar-refractivity contribution in [2.75, 3.05) is 0 Å². The summed E-state index contributed by atoms with van der Waals surface area (Å²) < 4.78 is 26.3. The molecule has 1 N–H and O–H groups in total. The highest BCUT2D eigenvalue weighted by Gasteiger charge is 2.19. The lowest BCUT2D eigenvalue weighted by Gasteiger charge is -2.23. The van der Waals surface area contributed by atoms with Crippen LogP contribution in [-0.4, -0.2) is 15.6 Å². The molecule has 0 aliphatic heterocycles. The first-order valence-electron chi connectivity index (χ1n) is 7.21. The van der Waals surface area contributed by atoms with Gasteiger partial charge in [-0.3, -0.25) is 4.57 Å². The van der Waals surface area contributed by atoms with Crippen molar-refractivity contribution in [3.63, 3.8) is 0 Å². The largest absolute Gasteiger partial charge is 0.319 e. The molecule has 19 heavy (non-hydrogen) atoms. The van der Waals surface area contributed by atoms with Crippen LogP contribution in [0.1, 0.15) is 57.8 Å². The lowest BCUT2D eigenvalue weighted by molar-refractivity contribution is 0.0663. The first-order valence-corrected chi connectivity index (χ1v) is 7.21. The van der Waals surface area contributed by atoms with Crippen molar-refractivity contribution in [3.05, 3.63) is 18.2 Å². The SMILES string of the molecule is C[C@H](NCc1nccn1C(F)F)C1CCCCCC1. The summed E-state index contributed by atoms with van der Waals surface area (Å²) in [7, 11) is 0. The molecule has 0 radical (unpaired) electrons. The minimum Gasteiger partial charge on any atom is -0.307 e. The third kappa shape index (κ3) is 4.00. The molecule has 0 spiro atoms. The lowest BCUT2D eigenvalue weighted by Crippen LogP contribution is -2.33. The molecule has 0 amide bonds. The van der Waals surface area contributed by atoms with Gasteiger partial charge in [0, 0.05) is 18.4 Å². The molecule has 0 saturated heterocycles. The molecule has 3 nitrogen and oxygen atoms in total. The molecule has 1 atom stereocenters. The fourth-order valence-corrected chi connectivity index (χ4v) is 2.89. The first kappa shape index (κ1) is 14.4. The summed E-state index contributed by atoms with van der Waals surface area (Å²) in [5.74, 6) is 1.08. The van der Waals surface area contributed by atoms with Crippen molar-refractivity contribution in [1.82, 2.24) is 14.9 Å². The second-order valence-corrected chi connectivity index (χ2v) is 5.45. The molecule has 1 aromatic heterocycles. The second-order valence-electron chi connectivity index (χ2n) is 5.45. The topological polar surface area (TPSA) is 29.9 Å². The predicted molar refractivity (Wildman–Crippen MR) is 71.0 cm³/mol. The van der Waals surface area contributed by atoms with Gasteiger partial charge < -0.3 is 5.32 Å². The molecule has 108 valence electrons. The summed E-state index contributed by atoms with van der Waals surface area (Å²) in [5, 5.41) is 3.36. The Morgan fingerprint density at radius 1 is 1.32 bits per heavy atom. The Bertz CT molecular complexity index is 371. The summed E-state index contributed by atoms with van der Waals surface area (Å²) in [6, 6.07) is 0.362. The molecule has 1 saturated carbocycles. The Kier molecular flexibility index (Phi) is 5.31. The standard InChI is InChI=1S/C14H23F2N3/c1-11(12-6-4-2-3-5-7-12)18-10-13-17-8-9-19(13)14(15)16/h8-9,11-12,14,18H,2-7,10H2,1H3/t11-/m0/s1. The average molecular weight is 271 g/mol. The van der Waals surface area contributed by atoms with E-state index in [9.17, 15) is 8.78 Å². The number of hydrogen-bond donors (Lipinski definition) is 1. The van der Waals surface area contributed by atoms with E-state index in [1.807, 2.05) is 0 Å². The molecular formula is C14H23F2N3. The van der Waals surface area contributed by atoms with Crippen molar-refractivity contribution >= 4 is 0 Å². The van der Waals surface area contributed by atoms with E-state index in [4.69, 9.17) is 0 Å². The minimum atomic E-state index is -2.51. The molecule has 0 bridgehead atoms. The van der Waals surface area contributed by atoms with E-state index < -0.39 is 6.55 Å². The molecule has 0 unspecified atom stereocenters. The summed E-state index contributed by atoms with van der Waals surface area (Å²) in [6.07, 6.45) is 10.5. The highest BCUT2D eigenvalue weighted by molar-refractivity contribution is 4.93. The van der Waals surface area contributed by atoms with Gasteiger partial charge in [-0.1, -0.05) is 25.7 Å².